The van der Waals surface area contributed by atoms with Crippen LogP contribution in [0.5, 0.6) is 0 Å². The maximum atomic E-state index is 3.75. The van der Waals surface area contributed by atoms with E-state index in [9.17, 15) is 0 Å². The van der Waals surface area contributed by atoms with Crippen molar-refractivity contribution in [3.05, 3.63) is 46.7 Å². The number of rotatable bonds is 5. The fraction of sp³-hybridized carbons (Fsp3) is 0.444. The van der Waals surface area contributed by atoms with E-state index in [0.717, 1.165) is 17.8 Å². The molecule has 1 aromatic carbocycles. The minimum atomic E-state index is 0.718. The molecule has 112 valence electrons. The standard InChI is InChI=1S/C18H23NS2/c1-20-17-9-7-16(8-10-17)19-12-18-11-15(13-21-18)14-5-3-2-4-6-14/h2-6,11,13,16-17,19H,7-10,12H2,1H3. The Morgan fingerprint density at radius 2 is 1.86 bits per heavy atom. The zero-order chi connectivity index (χ0) is 14.5. The van der Waals surface area contributed by atoms with Gasteiger partial charge in [0.25, 0.3) is 0 Å². The topological polar surface area (TPSA) is 12.0 Å². The normalized spacial score (nSPS) is 22.3. The van der Waals surface area contributed by atoms with Crippen LogP contribution in [0.3, 0.4) is 0 Å². The van der Waals surface area contributed by atoms with Crippen LogP contribution in [0.4, 0.5) is 0 Å². The third-order valence-electron chi connectivity index (χ3n) is 4.33. The summed E-state index contributed by atoms with van der Waals surface area (Å²) in [5, 5.41) is 6.92. The lowest BCUT2D eigenvalue weighted by atomic mass is 9.95. The first-order chi connectivity index (χ1) is 10.3. The van der Waals surface area contributed by atoms with Crippen LogP contribution in [-0.4, -0.2) is 17.5 Å². The monoisotopic (exact) mass is 317 g/mol. The Labute approximate surface area is 136 Å². The van der Waals surface area contributed by atoms with E-state index in [1.807, 2.05) is 23.1 Å². The SMILES string of the molecule is CSC1CCC(NCc2cc(-c3ccccc3)cs2)CC1. The molecule has 1 heterocycles. The van der Waals surface area contributed by atoms with E-state index in [4.69, 9.17) is 0 Å². The molecule has 1 N–H and O–H groups in total. The molecule has 0 unspecified atom stereocenters. The minimum Gasteiger partial charge on any atom is -0.309 e. The maximum absolute atomic E-state index is 3.75. The van der Waals surface area contributed by atoms with Crippen LogP contribution in [0.25, 0.3) is 11.1 Å². The molecule has 3 heteroatoms. The van der Waals surface area contributed by atoms with Crippen molar-refractivity contribution in [1.29, 1.82) is 0 Å². The van der Waals surface area contributed by atoms with Crippen LogP contribution < -0.4 is 5.32 Å². The molecule has 1 fully saturated rings. The average molecular weight is 318 g/mol. The molecule has 21 heavy (non-hydrogen) atoms. The summed E-state index contributed by atoms with van der Waals surface area (Å²) in [5.41, 5.74) is 2.67. The highest BCUT2D eigenvalue weighted by atomic mass is 32.2. The summed E-state index contributed by atoms with van der Waals surface area (Å²) in [6.07, 6.45) is 7.66. The fourth-order valence-corrected chi connectivity index (χ4v) is 4.59. The Bertz CT molecular complexity index is 541. The molecular formula is C18H23NS2. The molecule has 1 aromatic heterocycles. The van der Waals surface area contributed by atoms with Gasteiger partial charge in [-0.2, -0.15) is 11.8 Å². The molecule has 0 atom stereocenters. The second kappa shape index (κ2) is 7.48. The van der Waals surface area contributed by atoms with Crippen LogP contribution in [0.15, 0.2) is 41.8 Å². The lowest BCUT2D eigenvalue weighted by molar-refractivity contribution is 0.380. The lowest BCUT2D eigenvalue weighted by Crippen LogP contribution is -2.33. The van der Waals surface area contributed by atoms with Crippen molar-refractivity contribution < 1.29 is 0 Å². The Kier molecular flexibility index (Phi) is 5.39. The number of benzene rings is 1. The molecule has 2 aromatic rings. The van der Waals surface area contributed by atoms with Crippen LogP contribution in [-0.2, 0) is 6.54 Å². The minimum absolute atomic E-state index is 0.718. The van der Waals surface area contributed by atoms with Crippen molar-refractivity contribution in [3.63, 3.8) is 0 Å². The largest absolute Gasteiger partial charge is 0.309 e. The lowest BCUT2D eigenvalue weighted by Gasteiger charge is -2.28. The predicted molar refractivity (Wildman–Crippen MR) is 96.2 cm³/mol. The summed E-state index contributed by atoms with van der Waals surface area (Å²) in [6.45, 7) is 1.02. The summed E-state index contributed by atoms with van der Waals surface area (Å²) in [7, 11) is 0. The third kappa shape index (κ3) is 4.12. The van der Waals surface area contributed by atoms with Crippen molar-refractivity contribution in [1.82, 2.24) is 5.32 Å². The highest BCUT2D eigenvalue weighted by Gasteiger charge is 2.19. The van der Waals surface area contributed by atoms with Gasteiger partial charge in [-0.1, -0.05) is 30.3 Å². The van der Waals surface area contributed by atoms with Crippen molar-refractivity contribution in [2.75, 3.05) is 6.26 Å². The van der Waals surface area contributed by atoms with Gasteiger partial charge >= 0.3 is 0 Å². The number of thioether (sulfide) groups is 1. The number of hydrogen-bond donors (Lipinski definition) is 1. The number of thiophene rings is 1. The van der Waals surface area contributed by atoms with Gasteiger partial charge in [0, 0.05) is 22.7 Å². The van der Waals surface area contributed by atoms with Crippen molar-refractivity contribution in [3.8, 4) is 11.1 Å². The zero-order valence-corrected chi connectivity index (χ0v) is 14.2. The highest BCUT2D eigenvalue weighted by molar-refractivity contribution is 7.99. The first-order valence-corrected chi connectivity index (χ1v) is 9.91. The Hall–Kier alpha value is -0.770. The fourth-order valence-electron chi connectivity index (χ4n) is 3.00. The Morgan fingerprint density at radius 3 is 2.57 bits per heavy atom. The molecule has 0 spiro atoms. The molecule has 3 rings (SSSR count). The molecule has 0 bridgehead atoms. The third-order valence-corrected chi connectivity index (χ3v) is 6.41. The molecule has 1 aliphatic carbocycles. The Balaban J connectivity index is 1.52. The van der Waals surface area contributed by atoms with E-state index < -0.39 is 0 Å². The second-order valence-electron chi connectivity index (χ2n) is 5.76. The van der Waals surface area contributed by atoms with Gasteiger partial charge in [-0.05, 0) is 54.5 Å². The van der Waals surface area contributed by atoms with Gasteiger partial charge in [-0.25, -0.2) is 0 Å². The van der Waals surface area contributed by atoms with E-state index in [-0.39, 0.29) is 0 Å². The highest BCUT2D eigenvalue weighted by Crippen LogP contribution is 2.28. The quantitative estimate of drug-likeness (QED) is 0.815. The van der Waals surface area contributed by atoms with Gasteiger partial charge in [0.15, 0.2) is 0 Å². The summed E-state index contributed by atoms with van der Waals surface area (Å²) in [5.74, 6) is 0. The molecule has 0 radical (unpaired) electrons. The first kappa shape index (κ1) is 15.1. The molecule has 0 saturated heterocycles. The van der Waals surface area contributed by atoms with Gasteiger partial charge in [0.1, 0.15) is 0 Å². The van der Waals surface area contributed by atoms with Gasteiger partial charge in [-0.3, -0.25) is 0 Å². The Morgan fingerprint density at radius 1 is 1.10 bits per heavy atom. The summed E-state index contributed by atoms with van der Waals surface area (Å²) >= 11 is 3.91. The van der Waals surface area contributed by atoms with Gasteiger partial charge in [0.2, 0.25) is 0 Å². The summed E-state index contributed by atoms with van der Waals surface area (Å²) in [4.78, 5) is 1.45. The van der Waals surface area contributed by atoms with Crippen LogP contribution in [0, 0.1) is 0 Å². The van der Waals surface area contributed by atoms with E-state index in [2.05, 4.69) is 53.4 Å². The molecule has 0 aliphatic heterocycles. The molecular weight excluding hydrogens is 294 g/mol. The molecule has 0 amide bonds. The molecule has 1 saturated carbocycles. The van der Waals surface area contributed by atoms with Crippen LogP contribution in [0.1, 0.15) is 30.6 Å². The summed E-state index contributed by atoms with van der Waals surface area (Å²) in [6, 6.07) is 13.7. The second-order valence-corrected chi connectivity index (χ2v) is 7.89. The first-order valence-electron chi connectivity index (χ1n) is 7.74. The van der Waals surface area contributed by atoms with E-state index in [1.54, 1.807) is 0 Å². The number of nitrogens with one attached hydrogen (secondary N) is 1. The zero-order valence-electron chi connectivity index (χ0n) is 12.5. The van der Waals surface area contributed by atoms with Crippen LogP contribution >= 0.6 is 23.1 Å². The van der Waals surface area contributed by atoms with Crippen LogP contribution in [0.2, 0.25) is 0 Å². The smallest absolute Gasteiger partial charge is 0.0302 e. The van der Waals surface area contributed by atoms with Gasteiger partial charge in [0.05, 0.1) is 0 Å². The predicted octanol–water partition coefficient (Wildman–Crippen LogP) is 5.18. The van der Waals surface area contributed by atoms with Crippen molar-refractivity contribution in [2.45, 2.75) is 43.5 Å². The summed E-state index contributed by atoms with van der Waals surface area (Å²) < 4.78 is 0. The maximum Gasteiger partial charge on any atom is 0.0302 e. The van der Waals surface area contributed by atoms with Crippen molar-refractivity contribution in [2.24, 2.45) is 0 Å². The van der Waals surface area contributed by atoms with E-state index in [0.29, 0.717) is 0 Å². The van der Waals surface area contributed by atoms with Gasteiger partial charge < -0.3 is 5.32 Å². The van der Waals surface area contributed by atoms with Crippen molar-refractivity contribution >= 4 is 23.1 Å². The molecule has 1 aliphatic rings. The average Bonchev–Trinajstić information content (AvgIpc) is 3.03. The van der Waals surface area contributed by atoms with E-state index in [1.165, 1.54) is 41.7 Å². The van der Waals surface area contributed by atoms with E-state index >= 15 is 0 Å². The number of hydrogen-bond acceptors (Lipinski definition) is 3. The van der Waals surface area contributed by atoms with Gasteiger partial charge in [-0.15, -0.1) is 11.3 Å². The molecule has 1 nitrogen and oxygen atoms in total.